The first-order valence-corrected chi connectivity index (χ1v) is 10.2. The van der Waals surface area contributed by atoms with Gasteiger partial charge in [0.05, 0.1) is 18.5 Å². The number of allylic oxidation sites excluding steroid dienone is 2. The fourth-order valence-electron chi connectivity index (χ4n) is 3.42. The van der Waals surface area contributed by atoms with Crippen molar-refractivity contribution in [2.75, 3.05) is 6.54 Å². The van der Waals surface area contributed by atoms with Gasteiger partial charge in [0.2, 0.25) is 0 Å². The molecule has 0 bridgehead atoms. The number of carbonyl (C=O) groups is 1. The molecule has 0 saturated heterocycles. The number of aliphatic carboxylic acids is 1. The third kappa shape index (κ3) is 6.75. The van der Waals surface area contributed by atoms with E-state index in [4.69, 9.17) is 10.4 Å². The monoisotopic (exact) mass is 405 g/mol. The minimum Gasteiger partial charge on any atom is -0.481 e. The number of nitrogens with one attached hydrogen (secondary N) is 2. The lowest BCUT2D eigenvalue weighted by Crippen LogP contribution is -2.40. The van der Waals surface area contributed by atoms with Gasteiger partial charge in [0.1, 0.15) is 0 Å². The highest BCUT2D eigenvalue weighted by Crippen LogP contribution is 2.21. The summed E-state index contributed by atoms with van der Waals surface area (Å²) >= 11 is 0. The molecule has 5 nitrogen and oxygen atoms in total. The first kappa shape index (κ1) is 23.2. The van der Waals surface area contributed by atoms with E-state index in [2.05, 4.69) is 42.7 Å². The molecule has 2 aromatic carbocycles. The SMILES string of the molecule is C/C(C#N)=C(\C)N[C@H](C)[C@H](NCC(C)c1ccc(CC(=O)O)cc1)c1ccccc1. The molecule has 0 saturated carbocycles. The van der Waals surface area contributed by atoms with Gasteiger partial charge in [-0.25, -0.2) is 0 Å². The van der Waals surface area contributed by atoms with Crippen LogP contribution in [0.15, 0.2) is 65.9 Å². The Hall–Kier alpha value is -3.10. The number of carboxylic acids is 1. The van der Waals surface area contributed by atoms with Crippen molar-refractivity contribution in [2.45, 2.75) is 52.1 Å². The molecule has 5 heteroatoms. The predicted molar refractivity (Wildman–Crippen MR) is 120 cm³/mol. The van der Waals surface area contributed by atoms with Gasteiger partial charge < -0.3 is 15.7 Å². The molecule has 3 N–H and O–H groups in total. The fraction of sp³-hybridized carbons (Fsp3) is 0.360. The van der Waals surface area contributed by atoms with Crippen LogP contribution in [0.2, 0.25) is 0 Å². The van der Waals surface area contributed by atoms with Crippen LogP contribution in [0.25, 0.3) is 0 Å². The van der Waals surface area contributed by atoms with Gasteiger partial charge in [0, 0.05) is 23.9 Å². The minimum absolute atomic E-state index is 0.0428. The van der Waals surface area contributed by atoms with Crippen molar-refractivity contribution in [3.8, 4) is 6.07 Å². The molecule has 0 heterocycles. The number of hydrogen-bond donors (Lipinski definition) is 3. The van der Waals surface area contributed by atoms with Crippen molar-refractivity contribution in [3.63, 3.8) is 0 Å². The van der Waals surface area contributed by atoms with Gasteiger partial charge in [-0.1, -0.05) is 61.5 Å². The van der Waals surface area contributed by atoms with Crippen LogP contribution in [0.3, 0.4) is 0 Å². The van der Waals surface area contributed by atoms with Gasteiger partial charge in [-0.15, -0.1) is 0 Å². The van der Waals surface area contributed by atoms with E-state index in [-0.39, 0.29) is 24.4 Å². The Bertz CT molecular complexity index is 898. The molecule has 0 aliphatic rings. The Balaban J connectivity index is 2.10. The lowest BCUT2D eigenvalue weighted by molar-refractivity contribution is -0.136. The fourth-order valence-corrected chi connectivity index (χ4v) is 3.42. The molecule has 2 aromatic rings. The molecule has 2 rings (SSSR count). The van der Waals surface area contributed by atoms with Gasteiger partial charge in [-0.05, 0) is 43.4 Å². The van der Waals surface area contributed by atoms with Crippen molar-refractivity contribution >= 4 is 5.97 Å². The Morgan fingerprint density at radius 3 is 2.23 bits per heavy atom. The van der Waals surface area contributed by atoms with Gasteiger partial charge in [0.25, 0.3) is 0 Å². The van der Waals surface area contributed by atoms with Crippen molar-refractivity contribution in [3.05, 3.63) is 82.6 Å². The standard InChI is InChI=1S/C25H31N3O2/c1-17(15-26)19(3)28-20(4)25(23-8-6-5-7-9-23)27-16-18(2)22-12-10-21(11-13-22)14-24(29)30/h5-13,18,20,25,27-28H,14,16H2,1-4H3,(H,29,30)/b19-17-/t18?,20-,25+/m1/s1. The predicted octanol–water partition coefficient (Wildman–Crippen LogP) is 4.54. The zero-order chi connectivity index (χ0) is 22.1. The van der Waals surface area contributed by atoms with Crippen LogP contribution < -0.4 is 10.6 Å². The molecular formula is C25H31N3O2. The van der Waals surface area contributed by atoms with Crippen LogP contribution in [0, 0.1) is 11.3 Å². The van der Waals surface area contributed by atoms with Crippen LogP contribution in [-0.2, 0) is 11.2 Å². The summed E-state index contributed by atoms with van der Waals surface area (Å²) in [4.78, 5) is 10.9. The van der Waals surface area contributed by atoms with Crippen molar-refractivity contribution in [1.29, 1.82) is 5.26 Å². The first-order valence-electron chi connectivity index (χ1n) is 10.2. The maximum atomic E-state index is 10.9. The van der Waals surface area contributed by atoms with Gasteiger partial charge in [-0.3, -0.25) is 4.79 Å². The van der Waals surface area contributed by atoms with Crippen molar-refractivity contribution < 1.29 is 9.90 Å². The average molecular weight is 406 g/mol. The minimum atomic E-state index is -0.819. The highest BCUT2D eigenvalue weighted by Gasteiger charge is 2.20. The number of nitriles is 1. The summed E-state index contributed by atoms with van der Waals surface area (Å²) in [7, 11) is 0. The number of rotatable bonds is 10. The molecule has 30 heavy (non-hydrogen) atoms. The second kappa shape index (κ2) is 11.2. The molecular weight excluding hydrogens is 374 g/mol. The third-order valence-corrected chi connectivity index (χ3v) is 5.38. The van der Waals surface area contributed by atoms with E-state index >= 15 is 0 Å². The molecule has 3 atom stereocenters. The third-order valence-electron chi connectivity index (χ3n) is 5.38. The Morgan fingerprint density at radius 1 is 1.03 bits per heavy atom. The Labute approximate surface area is 179 Å². The smallest absolute Gasteiger partial charge is 0.307 e. The molecule has 158 valence electrons. The molecule has 0 aliphatic carbocycles. The molecule has 1 unspecified atom stereocenters. The normalized spacial score (nSPS) is 14.8. The molecule has 0 aliphatic heterocycles. The molecule has 0 radical (unpaired) electrons. The van der Waals surface area contributed by atoms with E-state index in [0.29, 0.717) is 5.57 Å². The topological polar surface area (TPSA) is 85.2 Å². The van der Waals surface area contributed by atoms with Crippen molar-refractivity contribution in [1.82, 2.24) is 10.6 Å². The van der Waals surface area contributed by atoms with E-state index in [1.165, 1.54) is 11.1 Å². The van der Waals surface area contributed by atoms with E-state index in [9.17, 15) is 4.79 Å². The van der Waals surface area contributed by atoms with Crippen LogP contribution >= 0.6 is 0 Å². The molecule has 0 amide bonds. The van der Waals surface area contributed by atoms with E-state index in [1.807, 2.05) is 56.3 Å². The van der Waals surface area contributed by atoms with Crippen LogP contribution in [-0.4, -0.2) is 23.7 Å². The summed E-state index contributed by atoms with van der Waals surface area (Å²) < 4.78 is 0. The van der Waals surface area contributed by atoms with Crippen LogP contribution in [0.5, 0.6) is 0 Å². The lowest BCUT2D eigenvalue weighted by Gasteiger charge is -2.29. The zero-order valence-corrected chi connectivity index (χ0v) is 18.1. The number of nitrogens with zero attached hydrogens (tertiary/aromatic N) is 1. The summed E-state index contributed by atoms with van der Waals surface area (Å²) in [6.07, 6.45) is 0.0428. The number of benzene rings is 2. The second-order valence-electron chi connectivity index (χ2n) is 7.80. The zero-order valence-electron chi connectivity index (χ0n) is 18.1. The Morgan fingerprint density at radius 2 is 1.67 bits per heavy atom. The quantitative estimate of drug-likeness (QED) is 0.505. The van der Waals surface area contributed by atoms with Gasteiger partial charge in [-0.2, -0.15) is 5.26 Å². The highest BCUT2D eigenvalue weighted by atomic mass is 16.4. The lowest BCUT2D eigenvalue weighted by atomic mass is 9.96. The van der Waals surface area contributed by atoms with Crippen LogP contribution in [0.4, 0.5) is 0 Å². The van der Waals surface area contributed by atoms with Gasteiger partial charge >= 0.3 is 5.97 Å². The summed E-state index contributed by atoms with van der Waals surface area (Å²) in [6, 6.07) is 20.4. The summed E-state index contributed by atoms with van der Waals surface area (Å²) in [6.45, 7) is 8.78. The van der Waals surface area contributed by atoms with E-state index in [0.717, 1.165) is 17.8 Å². The van der Waals surface area contributed by atoms with Gasteiger partial charge in [0.15, 0.2) is 0 Å². The van der Waals surface area contributed by atoms with Crippen molar-refractivity contribution in [2.24, 2.45) is 0 Å². The highest BCUT2D eigenvalue weighted by molar-refractivity contribution is 5.70. The number of carboxylic acid groups (broad SMARTS) is 1. The average Bonchev–Trinajstić information content (AvgIpc) is 2.73. The molecule has 0 aromatic heterocycles. The molecule has 0 fully saturated rings. The maximum absolute atomic E-state index is 10.9. The second-order valence-corrected chi connectivity index (χ2v) is 7.80. The molecule has 0 spiro atoms. The number of hydrogen-bond acceptors (Lipinski definition) is 4. The Kier molecular flexibility index (Phi) is 8.64. The van der Waals surface area contributed by atoms with E-state index in [1.54, 1.807) is 0 Å². The van der Waals surface area contributed by atoms with E-state index < -0.39 is 5.97 Å². The maximum Gasteiger partial charge on any atom is 0.307 e. The summed E-state index contributed by atoms with van der Waals surface area (Å²) in [5, 5.41) is 25.2. The van der Waals surface area contributed by atoms with Crippen LogP contribution in [0.1, 0.15) is 56.3 Å². The summed E-state index contributed by atoms with van der Waals surface area (Å²) in [5.74, 6) is -0.555. The largest absolute Gasteiger partial charge is 0.481 e. The first-order chi connectivity index (χ1) is 14.3. The summed E-state index contributed by atoms with van der Waals surface area (Å²) in [5.41, 5.74) is 4.73.